The van der Waals surface area contributed by atoms with Gasteiger partial charge in [0.1, 0.15) is 11.4 Å². The minimum atomic E-state index is -0.277. The molecule has 2 heterocycles. The Hall–Kier alpha value is -3.28. The van der Waals surface area contributed by atoms with E-state index in [0.717, 1.165) is 42.9 Å². The Morgan fingerprint density at radius 2 is 1.61 bits per heavy atom. The molecule has 0 saturated carbocycles. The first-order chi connectivity index (χ1) is 14.9. The second kappa shape index (κ2) is 8.46. The molecule has 0 aromatic heterocycles. The number of benzene rings is 2. The molecule has 1 saturated heterocycles. The second-order valence-corrected chi connectivity index (χ2v) is 8.47. The highest BCUT2D eigenvalue weighted by molar-refractivity contribution is 6.45. The van der Waals surface area contributed by atoms with Gasteiger partial charge >= 0.3 is 0 Å². The van der Waals surface area contributed by atoms with Crippen molar-refractivity contribution >= 4 is 28.8 Å². The predicted octanol–water partition coefficient (Wildman–Crippen LogP) is 3.92. The summed E-state index contributed by atoms with van der Waals surface area (Å²) in [7, 11) is 3.87. The first kappa shape index (κ1) is 21.0. The number of hydrogen-bond acceptors (Lipinski definition) is 5. The lowest BCUT2D eigenvalue weighted by atomic mass is 10.0. The molecule has 0 atom stereocenters. The number of rotatable bonds is 6. The third-order valence-electron chi connectivity index (χ3n) is 5.60. The molecule has 0 radical (unpaired) electrons. The smallest absolute Gasteiger partial charge is 0.282 e. The van der Waals surface area contributed by atoms with Crippen LogP contribution in [0.3, 0.4) is 0 Å². The highest BCUT2D eigenvalue weighted by Gasteiger charge is 2.43. The van der Waals surface area contributed by atoms with Gasteiger partial charge in [0.15, 0.2) is 0 Å². The molecule has 2 aromatic rings. The number of carbonyl (C=O) groups excluding carboxylic acids is 2. The molecule has 6 nitrogen and oxygen atoms in total. The van der Waals surface area contributed by atoms with Gasteiger partial charge in [-0.05, 0) is 62.6 Å². The van der Waals surface area contributed by atoms with Crippen molar-refractivity contribution in [2.45, 2.75) is 32.8 Å². The maximum Gasteiger partial charge on any atom is 0.282 e. The molecule has 1 fully saturated rings. The van der Waals surface area contributed by atoms with Gasteiger partial charge in [0.05, 0.1) is 17.4 Å². The van der Waals surface area contributed by atoms with Crippen LogP contribution in [-0.2, 0) is 9.59 Å². The lowest BCUT2D eigenvalue weighted by Crippen LogP contribution is -2.34. The fourth-order valence-corrected chi connectivity index (χ4v) is 4.13. The Bertz CT molecular complexity index is 1020. The molecule has 0 bridgehead atoms. The Labute approximate surface area is 183 Å². The zero-order valence-electron chi connectivity index (χ0n) is 18.6. The van der Waals surface area contributed by atoms with Gasteiger partial charge in [-0.15, -0.1) is 0 Å². The van der Waals surface area contributed by atoms with E-state index in [1.807, 2.05) is 81.4 Å². The third-order valence-corrected chi connectivity index (χ3v) is 5.60. The van der Waals surface area contributed by atoms with Gasteiger partial charge in [-0.25, -0.2) is 4.90 Å². The molecular weight excluding hydrogens is 390 g/mol. The SMILES string of the molecule is CC(C)Oc1ccc(C2=C(N3CCCC3)C(=O)N(c3cccc(N(C)C)c3)C2=O)cc1. The van der Waals surface area contributed by atoms with Gasteiger partial charge in [-0.3, -0.25) is 9.59 Å². The normalized spacial score (nSPS) is 16.7. The van der Waals surface area contributed by atoms with E-state index >= 15 is 0 Å². The summed E-state index contributed by atoms with van der Waals surface area (Å²) in [5.74, 6) is 0.218. The van der Waals surface area contributed by atoms with E-state index in [-0.39, 0.29) is 17.9 Å². The number of nitrogens with zero attached hydrogens (tertiary/aromatic N) is 3. The molecule has 2 amide bonds. The standard InChI is InChI=1S/C25H29N3O3/c1-17(2)31-21-12-10-18(11-13-21)22-23(27-14-5-6-15-27)25(30)28(24(22)29)20-9-7-8-19(16-20)26(3)4/h7-13,16-17H,5-6,14-15H2,1-4H3. The van der Waals surface area contributed by atoms with Gasteiger partial charge in [0.2, 0.25) is 0 Å². The number of likely N-dealkylation sites (tertiary alicyclic amines) is 1. The maximum atomic E-state index is 13.6. The minimum Gasteiger partial charge on any atom is -0.491 e. The van der Waals surface area contributed by atoms with Gasteiger partial charge in [0.25, 0.3) is 11.8 Å². The van der Waals surface area contributed by atoms with Crippen molar-refractivity contribution in [2.24, 2.45) is 0 Å². The van der Waals surface area contributed by atoms with Gasteiger partial charge in [-0.2, -0.15) is 0 Å². The van der Waals surface area contributed by atoms with Crippen LogP contribution in [0.25, 0.3) is 5.57 Å². The van der Waals surface area contributed by atoms with Crippen LogP contribution in [0.4, 0.5) is 11.4 Å². The number of hydrogen-bond donors (Lipinski definition) is 0. The molecule has 2 aliphatic rings. The molecule has 162 valence electrons. The molecule has 0 N–H and O–H groups in total. The summed E-state index contributed by atoms with van der Waals surface area (Å²) in [5.41, 5.74) is 3.24. The highest BCUT2D eigenvalue weighted by Crippen LogP contribution is 2.37. The predicted molar refractivity (Wildman–Crippen MR) is 123 cm³/mol. The number of anilines is 2. The van der Waals surface area contributed by atoms with E-state index < -0.39 is 0 Å². The summed E-state index contributed by atoms with van der Waals surface area (Å²) in [6, 6.07) is 15.0. The van der Waals surface area contributed by atoms with E-state index in [2.05, 4.69) is 4.90 Å². The van der Waals surface area contributed by atoms with Crippen molar-refractivity contribution in [3.63, 3.8) is 0 Å². The van der Waals surface area contributed by atoms with E-state index in [1.165, 1.54) is 4.90 Å². The zero-order chi connectivity index (χ0) is 22.1. The quantitative estimate of drug-likeness (QED) is 0.665. The molecule has 2 aliphatic heterocycles. The second-order valence-electron chi connectivity index (χ2n) is 8.47. The lowest BCUT2D eigenvalue weighted by molar-refractivity contribution is -0.120. The summed E-state index contributed by atoms with van der Waals surface area (Å²) in [6.45, 7) is 5.53. The van der Waals surface area contributed by atoms with Crippen LogP contribution in [0.1, 0.15) is 32.3 Å². The van der Waals surface area contributed by atoms with Crippen LogP contribution in [0.15, 0.2) is 54.2 Å². The molecule has 31 heavy (non-hydrogen) atoms. The Morgan fingerprint density at radius 1 is 0.935 bits per heavy atom. The van der Waals surface area contributed by atoms with E-state index in [9.17, 15) is 9.59 Å². The number of amides is 2. The average molecular weight is 420 g/mol. The molecule has 0 aliphatic carbocycles. The molecular formula is C25H29N3O3. The fraction of sp³-hybridized carbons (Fsp3) is 0.360. The molecule has 0 spiro atoms. The first-order valence-corrected chi connectivity index (χ1v) is 10.8. The molecule has 4 rings (SSSR count). The minimum absolute atomic E-state index is 0.0689. The van der Waals surface area contributed by atoms with Gasteiger partial charge in [-0.1, -0.05) is 18.2 Å². The van der Waals surface area contributed by atoms with E-state index in [4.69, 9.17) is 4.74 Å². The summed E-state index contributed by atoms with van der Waals surface area (Å²) < 4.78 is 5.74. The number of imide groups is 1. The Morgan fingerprint density at radius 3 is 2.23 bits per heavy atom. The highest BCUT2D eigenvalue weighted by atomic mass is 16.5. The first-order valence-electron chi connectivity index (χ1n) is 10.8. The number of carbonyl (C=O) groups is 2. The molecule has 0 unspecified atom stereocenters. The van der Waals surface area contributed by atoms with E-state index in [1.54, 1.807) is 0 Å². The average Bonchev–Trinajstić information content (AvgIpc) is 3.34. The van der Waals surface area contributed by atoms with Crippen molar-refractivity contribution in [3.8, 4) is 5.75 Å². The fourth-order valence-electron chi connectivity index (χ4n) is 4.13. The van der Waals surface area contributed by atoms with E-state index in [0.29, 0.717) is 17.0 Å². The van der Waals surface area contributed by atoms with Crippen LogP contribution in [0.5, 0.6) is 5.75 Å². The molecule has 2 aromatic carbocycles. The monoisotopic (exact) mass is 419 g/mol. The Kier molecular flexibility index (Phi) is 5.72. The van der Waals surface area contributed by atoms with Crippen molar-refractivity contribution in [1.82, 2.24) is 4.90 Å². The summed E-state index contributed by atoms with van der Waals surface area (Å²) >= 11 is 0. The third kappa shape index (κ3) is 4.02. The van der Waals surface area contributed by atoms with Gasteiger partial charge in [0, 0.05) is 32.9 Å². The Balaban J connectivity index is 1.76. The van der Waals surface area contributed by atoms with Crippen LogP contribution < -0.4 is 14.5 Å². The van der Waals surface area contributed by atoms with Crippen LogP contribution in [0.2, 0.25) is 0 Å². The van der Waals surface area contributed by atoms with Crippen LogP contribution in [-0.4, -0.2) is 50.0 Å². The number of ether oxygens (including phenoxy) is 1. The van der Waals surface area contributed by atoms with Gasteiger partial charge < -0.3 is 14.5 Å². The van der Waals surface area contributed by atoms with Crippen molar-refractivity contribution in [2.75, 3.05) is 37.0 Å². The summed E-state index contributed by atoms with van der Waals surface area (Å²) in [6.07, 6.45) is 2.12. The summed E-state index contributed by atoms with van der Waals surface area (Å²) in [4.78, 5) is 32.5. The zero-order valence-corrected chi connectivity index (χ0v) is 18.6. The largest absolute Gasteiger partial charge is 0.491 e. The maximum absolute atomic E-state index is 13.6. The van der Waals surface area contributed by atoms with Crippen molar-refractivity contribution in [3.05, 3.63) is 59.8 Å². The topological polar surface area (TPSA) is 53.1 Å². The lowest BCUT2D eigenvalue weighted by Gasteiger charge is -2.21. The summed E-state index contributed by atoms with van der Waals surface area (Å²) in [5, 5.41) is 0. The van der Waals surface area contributed by atoms with Crippen LogP contribution in [0, 0.1) is 0 Å². The van der Waals surface area contributed by atoms with Crippen molar-refractivity contribution in [1.29, 1.82) is 0 Å². The van der Waals surface area contributed by atoms with Crippen LogP contribution >= 0.6 is 0 Å². The molecule has 6 heteroatoms. The van der Waals surface area contributed by atoms with Crippen molar-refractivity contribution < 1.29 is 14.3 Å².